The van der Waals surface area contributed by atoms with Gasteiger partial charge in [0.05, 0.1) is 5.56 Å². The summed E-state index contributed by atoms with van der Waals surface area (Å²) in [4.78, 5) is 0. The number of hydrogen-bond acceptors (Lipinski definition) is 3. The number of aryl methyl sites for hydroxylation is 1. The van der Waals surface area contributed by atoms with E-state index in [0.717, 1.165) is 22.8 Å². The van der Waals surface area contributed by atoms with Gasteiger partial charge in [0.2, 0.25) is 6.86 Å². The van der Waals surface area contributed by atoms with Crippen molar-refractivity contribution in [2.45, 2.75) is 13.3 Å². The normalized spacial score (nSPS) is 10.3. The van der Waals surface area contributed by atoms with Crippen LogP contribution in [0.2, 0.25) is 0 Å². The van der Waals surface area contributed by atoms with Crippen LogP contribution in [0, 0.1) is 11.3 Å². The van der Waals surface area contributed by atoms with E-state index in [1.54, 1.807) is 18.2 Å². The Labute approximate surface area is 105 Å². The van der Waals surface area contributed by atoms with Crippen molar-refractivity contribution in [3.8, 4) is 11.8 Å². The highest BCUT2D eigenvalue weighted by molar-refractivity contribution is 5.95. The van der Waals surface area contributed by atoms with Crippen LogP contribution in [-0.4, -0.2) is 6.86 Å². The lowest BCUT2D eigenvalue weighted by atomic mass is 9.98. The van der Waals surface area contributed by atoms with Gasteiger partial charge in [-0.05, 0) is 35.6 Å². The van der Waals surface area contributed by atoms with Crippen LogP contribution < -0.4 is 10.5 Å². The number of benzene rings is 2. The van der Waals surface area contributed by atoms with Crippen molar-refractivity contribution < 1.29 is 9.13 Å². The Morgan fingerprint density at radius 3 is 2.78 bits per heavy atom. The zero-order chi connectivity index (χ0) is 13.1. The van der Waals surface area contributed by atoms with Crippen molar-refractivity contribution in [3.63, 3.8) is 0 Å². The predicted molar refractivity (Wildman–Crippen MR) is 69.1 cm³/mol. The third-order valence-corrected chi connectivity index (χ3v) is 2.87. The summed E-state index contributed by atoms with van der Waals surface area (Å²) in [6.07, 6.45) is 0.735. The van der Waals surface area contributed by atoms with E-state index in [1.165, 1.54) is 0 Å². The summed E-state index contributed by atoms with van der Waals surface area (Å²) in [5, 5.41) is 10.7. The largest absolute Gasteiger partial charge is 0.461 e. The van der Waals surface area contributed by atoms with E-state index in [2.05, 4.69) is 0 Å². The summed E-state index contributed by atoms with van der Waals surface area (Å²) < 4.78 is 17.5. The van der Waals surface area contributed by atoms with Crippen LogP contribution in [0.4, 0.5) is 10.1 Å². The van der Waals surface area contributed by atoms with Crippen LogP contribution in [0.25, 0.3) is 10.8 Å². The maximum atomic E-state index is 12.5. The smallest absolute Gasteiger partial charge is 0.228 e. The Morgan fingerprint density at radius 1 is 1.39 bits per heavy atom. The number of ether oxygens (including phenoxy) is 1. The molecule has 18 heavy (non-hydrogen) atoms. The molecule has 0 fully saturated rings. The molecule has 0 atom stereocenters. The molecule has 92 valence electrons. The molecule has 4 heteroatoms. The molecule has 2 N–H and O–H groups in total. The summed E-state index contributed by atoms with van der Waals surface area (Å²) in [5.74, 6) is 0.300. The third-order valence-electron chi connectivity index (χ3n) is 2.87. The zero-order valence-electron chi connectivity index (χ0n) is 10.0. The van der Waals surface area contributed by atoms with Gasteiger partial charge in [-0.1, -0.05) is 13.0 Å². The summed E-state index contributed by atoms with van der Waals surface area (Å²) in [6.45, 7) is 1.02. The maximum absolute atomic E-state index is 12.5. The van der Waals surface area contributed by atoms with E-state index in [-0.39, 0.29) is 0 Å². The summed E-state index contributed by atoms with van der Waals surface area (Å²) in [6, 6.07) is 9.05. The monoisotopic (exact) mass is 244 g/mol. The first kappa shape index (κ1) is 12.2. The molecule has 0 saturated heterocycles. The number of nitrogen functional groups attached to an aromatic ring is 1. The maximum Gasteiger partial charge on any atom is 0.228 e. The van der Waals surface area contributed by atoms with Crippen LogP contribution in [-0.2, 0) is 6.42 Å². The van der Waals surface area contributed by atoms with E-state index in [9.17, 15) is 4.39 Å². The quantitative estimate of drug-likeness (QED) is 0.843. The van der Waals surface area contributed by atoms with E-state index in [1.807, 2.05) is 19.1 Å². The summed E-state index contributed by atoms with van der Waals surface area (Å²) in [7, 11) is 0. The number of nitrogens with zero attached hydrogens (tertiary/aromatic N) is 1. The van der Waals surface area contributed by atoms with Gasteiger partial charge in [-0.15, -0.1) is 0 Å². The minimum Gasteiger partial charge on any atom is -0.461 e. The Balaban J connectivity index is 2.86. The molecular formula is C14H13FN2O. The summed E-state index contributed by atoms with van der Waals surface area (Å²) in [5.41, 5.74) is 7.75. The van der Waals surface area contributed by atoms with Gasteiger partial charge < -0.3 is 10.5 Å². The molecule has 0 aliphatic rings. The van der Waals surface area contributed by atoms with E-state index in [0.29, 0.717) is 17.0 Å². The SMILES string of the molecule is CCc1cc(N)cc2ccc(C#N)c(OCF)c12. The second kappa shape index (κ2) is 4.92. The van der Waals surface area contributed by atoms with E-state index >= 15 is 0 Å². The molecule has 0 aliphatic heterocycles. The van der Waals surface area contributed by atoms with Crippen LogP contribution in [0.5, 0.6) is 5.75 Å². The van der Waals surface area contributed by atoms with Gasteiger partial charge in [0.15, 0.2) is 0 Å². The number of nitriles is 1. The number of hydrogen-bond donors (Lipinski definition) is 1. The molecule has 0 aliphatic carbocycles. The first-order valence-corrected chi connectivity index (χ1v) is 5.65. The van der Waals surface area contributed by atoms with Crippen LogP contribution >= 0.6 is 0 Å². The van der Waals surface area contributed by atoms with Gasteiger partial charge in [-0.25, -0.2) is 4.39 Å². The highest BCUT2D eigenvalue weighted by Gasteiger charge is 2.12. The van der Waals surface area contributed by atoms with Crippen LogP contribution in [0.1, 0.15) is 18.1 Å². The highest BCUT2D eigenvalue weighted by Crippen LogP contribution is 2.34. The van der Waals surface area contributed by atoms with Gasteiger partial charge >= 0.3 is 0 Å². The number of anilines is 1. The number of alkyl halides is 1. The molecule has 0 bridgehead atoms. The van der Waals surface area contributed by atoms with Crippen molar-refractivity contribution in [2.75, 3.05) is 12.6 Å². The van der Waals surface area contributed by atoms with E-state index < -0.39 is 6.86 Å². The van der Waals surface area contributed by atoms with Crippen LogP contribution in [0.3, 0.4) is 0 Å². The molecule has 2 aromatic carbocycles. The van der Waals surface area contributed by atoms with Crippen molar-refractivity contribution in [3.05, 3.63) is 35.4 Å². The average Bonchev–Trinajstić information content (AvgIpc) is 2.38. The lowest BCUT2D eigenvalue weighted by Gasteiger charge is -2.12. The standard InChI is InChI=1S/C14H13FN2O/c1-2-9-5-12(17)6-10-3-4-11(7-16)14(13(9)10)18-8-15/h3-6H,2,8,17H2,1H3. The second-order valence-corrected chi connectivity index (χ2v) is 3.94. The minimum atomic E-state index is -0.957. The van der Waals surface area contributed by atoms with Gasteiger partial charge in [-0.3, -0.25) is 0 Å². The predicted octanol–water partition coefficient (Wildman–Crippen LogP) is 3.16. The fourth-order valence-corrected chi connectivity index (χ4v) is 2.12. The Morgan fingerprint density at radius 2 is 2.17 bits per heavy atom. The van der Waals surface area contributed by atoms with Crippen molar-refractivity contribution in [2.24, 2.45) is 0 Å². The van der Waals surface area contributed by atoms with Crippen molar-refractivity contribution in [1.29, 1.82) is 5.26 Å². The minimum absolute atomic E-state index is 0.300. The zero-order valence-corrected chi connectivity index (χ0v) is 10.0. The summed E-state index contributed by atoms with van der Waals surface area (Å²) >= 11 is 0. The van der Waals surface area contributed by atoms with Gasteiger partial charge in [0, 0.05) is 11.1 Å². The average molecular weight is 244 g/mol. The van der Waals surface area contributed by atoms with Gasteiger partial charge in [0.1, 0.15) is 11.8 Å². The van der Waals surface area contributed by atoms with E-state index in [4.69, 9.17) is 15.7 Å². The topological polar surface area (TPSA) is 59.0 Å². The number of nitrogens with two attached hydrogens (primary N) is 1. The van der Waals surface area contributed by atoms with Crippen molar-refractivity contribution in [1.82, 2.24) is 0 Å². The molecular weight excluding hydrogens is 231 g/mol. The molecule has 2 rings (SSSR count). The number of halogens is 1. The Hall–Kier alpha value is -2.28. The molecule has 0 aromatic heterocycles. The lowest BCUT2D eigenvalue weighted by Crippen LogP contribution is -1.98. The lowest BCUT2D eigenvalue weighted by molar-refractivity contribution is 0.193. The molecule has 0 spiro atoms. The molecule has 0 unspecified atom stereocenters. The van der Waals surface area contributed by atoms with Crippen LogP contribution in [0.15, 0.2) is 24.3 Å². The van der Waals surface area contributed by atoms with Gasteiger partial charge in [0.25, 0.3) is 0 Å². The molecule has 0 amide bonds. The third kappa shape index (κ3) is 1.95. The first-order valence-electron chi connectivity index (χ1n) is 5.65. The molecule has 0 saturated carbocycles. The Bertz CT molecular complexity index is 632. The molecule has 2 aromatic rings. The molecule has 3 nitrogen and oxygen atoms in total. The number of fused-ring (bicyclic) bond motifs is 1. The molecule has 0 radical (unpaired) electrons. The Kier molecular flexibility index (Phi) is 3.33. The van der Waals surface area contributed by atoms with Crippen molar-refractivity contribution >= 4 is 16.5 Å². The van der Waals surface area contributed by atoms with Gasteiger partial charge in [-0.2, -0.15) is 5.26 Å². The molecule has 0 heterocycles. The highest BCUT2D eigenvalue weighted by atomic mass is 19.1. The fraction of sp³-hybridized carbons (Fsp3) is 0.214. The second-order valence-electron chi connectivity index (χ2n) is 3.94. The number of rotatable bonds is 3. The first-order chi connectivity index (χ1) is 8.71. The fourth-order valence-electron chi connectivity index (χ4n) is 2.12.